The smallest absolute Gasteiger partial charge is 0.305 e. The van der Waals surface area contributed by atoms with Gasteiger partial charge in [-0.3, -0.25) is 4.79 Å². The Hall–Kier alpha value is -0.870. The Morgan fingerprint density at radius 3 is 2.93 bits per heavy atom. The molecule has 0 aliphatic heterocycles. The lowest BCUT2D eigenvalue weighted by molar-refractivity contribution is -0.137. The number of carboxylic acid groups (broad SMARTS) is 1. The zero-order valence-corrected chi connectivity index (χ0v) is 9.01. The van der Waals surface area contributed by atoms with E-state index in [2.05, 4.69) is 6.92 Å². The van der Waals surface area contributed by atoms with Crippen LogP contribution >= 0.6 is 11.3 Å². The van der Waals surface area contributed by atoms with Gasteiger partial charge in [0.05, 0.1) is 6.42 Å². The van der Waals surface area contributed by atoms with Crippen LogP contribution in [0, 0.1) is 0 Å². The SMILES string of the molecule is CCCc1ccc(C(N)CC(=O)O)s1. The molecule has 0 radical (unpaired) electrons. The Morgan fingerprint density at radius 1 is 1.64 bits per heavy atom. The zero-order chi connectivity index (χ0) is 10.6. The summed E-state index contributed by atoms with van der Waals surface area (Å²) in [4.78, 5) is 12.7. The van der Waals surface area contributed by atoms with E-state index in [0.29, 0.717) is 0 Å². The van der Waals surface area contributed by atoms with Crippen LogP contribution in [-0.4, -0.2) is 11.1 Å². The van der Waals surface area contributed by atoms with Crippen LogP contribution in [0.2, 0.25) is 0 Å². The fourth-order valence-corrected chi connectivity index (χ4v) is 2.38. The summed E-state index contributed by atoms with van der Waals surface area (Å²) in [7, 11) is 0. The summed E-state index contributed by atoms with van der Waals surface area (Å²) >= 11 is 1.62. The molecule has 0 fully saturated rings. The van der Waals surface area contributed by atoms with Crippen molar-refractivity contribution in [1.82, 2.24) is 0 Å². The van der Waals surface area contributed by atoms with E-state index in [9.17, 15) is 4.79 Å². The topological polar surface area (TPSA) is 63.3 Å². The fraction of sp³-hybridized carbons (Fsp3) is 0.500. The molecule has 78 valence electrons. The first-order chi connectivity index (χ1) is 6.63. The second kappa shape index (κ2) is 5.12. The Labute approximate surface area is 87.6 Å². The average Bonchev–Trinajstić information content (AvgIpc) is 2.52. The molecule has 1 aromatic rings. The molecule has 0 saturated carbocycles. The first kappa shape index (κ1) is 11.2. The largest absolute Gasteiger partial charge is 0.481 e. The molecule has 3 nitrogen and oxygen atoms in total. The van der Waals surface area contributed by atoms with Gasteiger partial charge >= 0.3 is 5.97 Å². The maximum atomic E-state index is 10.4. The lowest BCUT2D eigenvalue weighted by atomic mass is 10.2. The summed E-state index contributed by atoms with van der Waals surface area (Å²) in [6.45, 7) is 2.12. The lowest BCUT2D eigenvalue weighted by Gasteiger charge is -2.04. The van der Waals surface area contributed by atoms with Gasteiger partial charge in [0.25, 0.3) is 0 Å². The molecule has 0 spiro atoms. The van der Waals surface area contributed by atoms with E-state index in [0.717, 1.165) is 17.7 Å². The molecule has 14 heavy (non-hydrogen) atoms. The number of hydrogen-bond donors (Lipinski definition) is 2. The number of nitrogens with two attached hydrogens (primary N) is 1. The minimum atomic E-state index is -0.844. The maximum Gasteiger partial charge on any atom is 0.305 e. The van der Waals surface area contributed by atoms with Gasteiger partial charge in [-0.2, -0.15) is 0 Å². The van der Waals surface area contributed by atoms with Crippen molar-refractivity contribution in [2.45, 2.75) is 32.2 Å². The van der Waals surface area contributed by atoms with E-state index in [1.54, 1.807) is 11.3 Å². The fourth-order valence-electron chi connectivity index (χ4n) is 1.26. The van der Waals surface area contributed by atoms with Gasteiger partial charge in [0.2, 0.25) is 0 Å². The molecule has 1 atom stereocenters. The molecule has 0 amide bonds. The molecule has 3 N–H and O–H groups in total. The number of thiophene rings is 1. The third-order valence-electron chi connectivity index (χ3n) is 1.94. The number of carboxylic acids is 1. The molecule has 4 heteroatoms. The van der Waals surface area contributed by atoms with Crippen LogP contribution in [0.25, 0.3) is 0 Å². The second-order valence-electron chi connectivity index (χ2n) is 3.26. The van der Waals surface area contributed by atoms with Gasteiger partial charge in [0, 0.05) is 15.8 Å². The van der Waals surface area contributed by atoms with Crippen LogP contribution < -0.4 is 5.73 Å². The van der Waals surface area contributed by atoms with Crippen molar-refractivity contribution in [1.29, 1.82) is 0 Å². The molecule has 1 aromatic heterocycles. The van der Waals surface area contributed by atoms with Crippen molar-refractivity contribution in [2.75, 3.05) is 0 Å². The third-order valence-corrected chi connectivity index (χ3v) is 3.22. The van der Waals surface area contributed by atoms with Crippen LogP contribution in [0.5, 0.6) is 0 Å². The molecule has 0 aliphatic carbocycles. The van der Waals surface area contributed by atoms with Gasteiger partial charge < -0.3 is 10.8 Å². The highest BCUT2D eigenvalue weighted by molar-refractivity contribution is 7.12. The van der Waals surface area contributed by atoms with Crippen molar-refractivity contribution in [3.8, 4) is 0 Å². The molecule has 1 heterocycles. The highest BCUT2D eigenvalue weighted by Crippen LogP contribution is 2.24. The Bertz CT molecular complexity index is 309. The second-order valence-corrected chi connectivity index (χ2v) is 4.46. The molecule has 0 bridgehead atoms. The first-order valence-electron chi connectivity index (χ1n) is 4.69. The van der Waals surface area contributed by atoms with Crippen molar-refractivity contribution in [3.63, 3.8) is 0 Å². The summed E-state index contributed by atoms with van der Waals surface area (Å²) in [6, 6.07) is 3.61. The molecule has 0 aliphatic rings. The van der Waals surface area contributed by atoms with Gasteiger partial charge in [0.15, 0.2) is 0 Å². The number of aryl methyl sites for hydroxylation is 1. The maximum absolute atomic E-state index is 10.4. The van der Waals surface area contributed by atoms with Crippen molar-refractivity contribution < 1.29 is 9.90 Å². The van der Waals surface area contributed by atoms with Crippen molar-refractivity contribution in [3.05, 3.63) is 21.9 Å². The van der Waals surface area contributed by atoms with Gasteiger partial charge in [-0.25, -0.2) is 0 Å². The summed E-state index contributed by atoms with van der Waals surface area (Å²) in [5.74, 6) is -0.844. The van der Waals surface area contributed by atoms with Gasteiger partial charge in [-0.05, 0) is 18.6 Å². The van der Waals surface area contributed by atoms with Crippen LogP contribution in [0.15, 0.2) is 12.1 Å². The summed E-state index contributed by atoms with van der Waals surface area (Å²) in [6.07, 6.45) is 2.16. The Morgan fingerprint density at radius 2 is 2.36 bits per heavy atom. The van der Waals surface area contributed by atoms with Gasteiger partial charge in [0.1, 0.15) is 0 Å². The predicted molar refractivity (Wildman–Crippen MR) is 57.5 cm³/mol. The quantitative estimate of drug-likeness (QED) is 0.788. The third kappa shape index (κ3) is 3.12. The van der Waals surface area contributed by atoms with Crippen molar-refractivity contribution in [2.24, 2.45) is 5.73 Å². The van der Waals surface area contributed by atoms with Gasteiger partial charge in [-0.15, -0.1) is 11.3 Å². The molecular formula is C10H15NO2S. The first-order valence-corrected chi connectivity index (χ1v) is 5.51. The molecular weight excluding hydrogens is 198 g/mol. The summed E-state index contributed by atoms with van der Waals surface area (Å²) in [5.41, 5.74) is 5.74. The average molecular weight is 213 g/mol. The van der Waals surface area contributed by atoms with E-state index >= 15 is 0 Å². The normalized spacial score (nSPS) is 12.7. The molecule has 0 aromatic carbocycles. The van der Waals surface area contributed by atoms with Crippen LogP contribution in [0.4, 0.5) is 0 Å². The Kier molecular flexibility index (Phi) is 4.10. The number of rotatable bonds is 5. The summed E-state index contributed by atoms with van der Waals surface area (Å²) < 4.78 is 0. The standard InChI is InChI=1S/C10H15NO2S/c1-2-3-7-4-5-9(14-7)8(11)6-10(12)13/h4-5,8H,2-3,6,11H2,1H3,(H,12,13). The Balaban J connectivity index is 2.61. The van der Waals surface area contributed by atoms with E-state index in [4.69, 9.17) is 10.8 Å². The highest BCUT2D eigenvalue weighted by atomic mass is 32.1. The number of hydrogen-bond acceptors (Lipinski definition) is 3. The van der Waals surface area contributed by atoms with Crippen molar-refractivity contribution >= 4 is 17.3 Å². The monoisotopic (exact) mass is 213 g/mol. The highest BCUT2D eigenvalue weighted by Gasteiger charge is 2.12. The molecule has 1 unspecified atom stereocenters. The summed E-state index contributed by atoms with van der Waals surface area (Å²) in [5, 5.41) is 8.58. The zero-order valence-electron chi connectivity index (χ0n) is 8.19. The van der Waals surface area contributed by atoms with E-state index in [-0.39, 0.29) is 12.5 Å². The van der Waals surface area contributed by atoms with Crippen LogP contribution in [0.1, 0.15) is 35.6 Å². The minimum absolute atomic E-state index is 0.00603. The van der Waals surface area contributed by atoms with E-state index in [1.807, 2.05) is 12.1 Å². The molecule has 0 saturated heterocycles. The van der Waals surface area contributed by atoms with Crippen LogP contribution in [0.3, 0.4) is 0 Å². The number of carbonyl (C=O) groups is 1. The number of aliphatic carboxylic acids is 1. The van der Waals surface area contributed by atoms with E-state index < -0.39 is 5.97 Å². The lowest BCUT2D eigenvalue weighted by Crippen LogP contribution is -2.13. The van der Waals surface area contributed by atoms with E-state index in [1.165, 1.54) is 4.88 Å². The predicted octanol–water partition coefficient (Wildman–Crippen LogP) is 2.18. The van der Waals surface area contributed by atoms with Gasteiger partial charge in [-0.1, -0.05) is 13.3 Å². The molecule has 1 rings (SSSR count). The van der Waals surface area contributed by atoms with Crippen LogP contribution in [-0.2, 0) is 11.2 Å². The minimum Gasteiger partial charge on any atom is -0.481 e.